The number of amides is 1. The summed E-state index contributed by atoms with van der Waals surface area (Å²) in [6.07, 6.45) is 3.45. The summed E-state index contributed by atoms with van der Waals surface area (Å²) in [5, 5.41) is 13.0. The first-order chi connectivity index (χ1) is 13.4. The molecule has 0 fully saturated rings. The molecule has 1 aromatic carbocycles. The van der Waals surface area contributed by atoms with E-state index in [0.717, 1.165) is 17.9 Å². The Morgan fingerprint density at radius 1 is 1.14 bits per heavy atom. The second-order valence-corrected chi connectivity index (χ2v) is 8.27. The van der Waals surface area contributed by atoms with Crippen molar-refractivity contribution in [3.05, 3.63) is 52.8 Å². The van der Waals surface area contributed by atoms with Gasteiger partial charge in [0.05, 0.1) is 15.8 Å². The third-order valence-electron chi connectivity index (χ3n) is 3.74. The SMILES string of the molecule is CC(C)Cn1c(SCC(=O)Nc2ccc(Cl)c(Cl)c2)nnc1-c1ccncc1. The summed E-state index contributed by atoms with van der Waals surface area (Å²) in [4.78, 5) is 16.4. The van der Waals surface area contributed by atoms with Crippen molar-refractivity contribution in [3.63, 3.8) is 0 Å². The van der Waals surface area contributed by atoms with Crippen molar-refractivity contribution in [3.8, 4) is 11.4 Å². The molecule has 0 aliphatic carbocycles. The van der Waals surface area contributed by atoms with Crippen molar-refractivity contribution in [2.24, 2.45) is 5.92 Å². The molecule has 0 bridgehead atoms. The molecule has 0 saturated carbocycles. The Morgan fingerprint density at radius 3 is 2.57 bits per heavy atom. The highest BCUT2D eigenvalue weighted by atomic mass is 35.5. The quantitative estimate of drug-likeness (QED) is 0.526. The molecule has 1 amide bonds. The van der Waals surface area contributed by atoms with Crippen LogP contribution in [0.2, 0.25) is 10.0 Å². The zero-order valence-electron chi connectivity index (χ0n) is 15.4. The standard InChI is InChI=1S/C19H19Cl2N5OS/c1-12(2)10-26-18(13-5-7-22-8-6-13)24-25-19(26)28-11-17(27)23-14-3-4-15(20)16(21)9-14/h3-9,12H,10-11H2,1-2H3,(H,23,27). The van der Waals surface area contributed by atoms with Crippen LogP contribution in [-0.4, -0.2) is 31.4 Å². The maximum atomic E-state index is 12.3. The molecule has 0 aliphatic heterocycles. The van der Waals surface area contributed by atoms with Crippen molar-refractivity contribution >= 4 is 46.6 Å². The summed E-state index contributed by atoms with van der Waals surface area (Å²) in [7, 11) is 0. The summed E-state index contributed by atoms with van der Waals surface area (Å²) in [6, 6.07) is 8.76. The summed E-state index contributed by atoms with van der Waals surface area (Å²) in [6.45, 7) is 5.00. The van der Waals surface area contributed by atoms with Gasteiger partial charge >= 0.3 is 0 Å². The van der Waals surface area contributed by atoms with Crippen molar-refractivity contribution in [2.75, 3.05) is 11.1 Å². The van der Waals surface area contributed by atoms with E-state index in [2.05, 4.69) is 34.3 Å². The van der Waals surface area contributed by atoms with Gasteiger partial charge in [0.25, 0.3) is 0 Å². The van der Waals surface area contributed by atoms with E-state index >= 15 is 0 Å². The summed E-state index contributed by atoms with van der Waals surface area (Å²) < 4.78 is 2.04. The lowest BCUT2D eigenvalue weighted by Crippen LogP contribution is -2.15. The normalized spacial score (nSPS) is 11.0. The fourth-order valence-corrected chi connectivity index (χ4v) is 3.59. The third-order valence-corrected chi connectivity index (χ3v) is 5.44. The third kappa shape index (κ3) is 5.25. The van der Waals surface area contributed by atoms with Gasteiger partial charge in [0.1, 0.15) is 0 Å². The van der Waals surface area contributed by atoms with Crippen LogP contribution in [0.15, 0.2) is 47.9 Å². The van der Waals surface area contributed by atoms with Crippen molar-refractivity contribution in [2.45, 2.75) is 25.5 Å². The molecule has 0 saturated heterocycles. The summed E-state index contributed by atoms with van der Waals surface area (Å²) in [5.41, 5.74) is 1.54. The average molecular weight is 436 g/mol. The zero-order chi connectivity index (χ0) is 20.1. The van der Waals surface area contributed by atoms with Crippen LogP contribution in [0.4, 0.5) is 5.69 Å². The predicted molar refractivity (Wildman–Crippen MR) is 114 cm³/mol. The van der Waals surface area contributed by atoms with Gasteiger partial charge in [-0.25, -0.2) is 0 Å². The number of halogens is 2. The molecule has 0 unspecified atom stereocenters. The topological polar surface area (TPSA) is 72.7 Å². The second-order valence-electron chi connectivity index (χ2n) is 6.51. The highest BCUT2D eigenvalue weighted by molar-refractivity contribution is 7.99. The van der Waals surface area contributed by atoms with Crippen LogP contribution in [0.3, 0.4) is 0 Å². The highest BCUT2D eigenvalue weighted by Gasteiger charge is 2.16. The Kier molecular flexibility index (Phi) is 6.93. The largest absolute Gasteiger partial charge is 0.325 e. The van der Waals surface area contributed by atoms with E-state index in [0.29, 0.717) is 26.8 Å². The number of benzene rings is 1. The number of pyridine rings is 1. The Morgan fingerprint density at radius 2 is 1.89 bits per heavy atom. The predicted octanol–water partition coefficient (Wildman–Crippen LogP) is 5.03. The van der Waals surface area contributed by atoms with Gasteiger partial charge in [0, 0.05) is 30.2 Å². The van der Waals surface area contributed by atoms with Crippen LogP contribution < -0.4 is 5.32 Å². The van der Waals surface area contributed by atoms with Gasteiger partial charge in [0.15, 0.2) is 11.0 Å². The monoisotopic (exact) mass is 435 g/mol. The first-order valence-corrected chi connectivity index (χ1v) is 10.4. The number of anilines is 1. The molecule has 0 aliphatic rings. The van der Waals surface area contributed by atoms with Crippen molar-refractivity contribution in [1.82, 2.24) is 19.7 Å². The van der Waals surface area contributed by atoms with Gasteiger partial charge in [-0.05, 0) is 36.2 Å². The maximum Gasteiger partial charge on any atom is 0.234 e. The van der Waals surface area contributed by atoms with Crippen LogP contribution in [0.25, 0.3) is 11.4 Å². The van der Waals surface area contributed by atoms with E-state index in [9.17, 15) is 4.79 Å². The van der Waals surface area contributed by atoms with E-state index in [4.69, 9.17) is 23.2 Å². The molecule has 2 heterocycles. The minimum atomic E-state index is -0.159. The van der Waals surface area contributed by atoms with E-state index in [1.165, 1.54) is 11.8 Å². The molecule has 6 nitrogen and oxygen atoms in total. The molecule has 3 aromatic rings. The number of aromatic nitrogens is 4. The van der Waals surface area contributed by atoms with Gasteiger partial charge in [-0.1, -0.05) is 48.8 Å². The molecular formula is C19H19Cl2N5OS. The van der Waals surface area contributed by atoms with Gasteiger partial charge in [-0.15, -0.1) is 10.2 Å². The summed E-state index contributed by atoms with van der Waals surface area (Å²) >= 11 is 13.2. The number of hydrogen-bond donors (Lipinski definition) is 1. The maximum absolute atomic E-state index is 12.3. The lowest BCUT2D eigenvalue weighted by molar-refractivity contribution is -0.113. The van der Waals surface area contributed by atoms with Gasteiger partial charge in [0.2, 0.25) is 5.91 Å². The van der Waals surface area contributed by atoms with Crippen LogP contribution in [0.5, 0.6) is 0 Å². The minimum Gasteiger partial charge on any atom is -0.325 e. The molecule has 146 valence electrons. The fourth-order valence-electron chi connectivity index (χ4n) is 2.54. The number of hydrogen-bond acceptors (Lipinski definition) is 5. The van der Waals surface area contributed by atoms with E-state index in [1.54, 1.807) is 30.6 Å². The lowest BCUT2D eigenvalue weighted by atomic mass is 10.2. The first-order valence-electron chi connectivity index (χ1n) is 8.65. The zero-order valence-corrected chi connectivity index (χ0v) is 17.7. The number of rotatable bonds is 7. The highest BCUT2D eigenvalue weighted by Crippen LogP contribution is 2.27. The Bertz CT molecular complexity index is 962. The smallest absolute Gasteiger partial charge is 0.234 e. The number of carbonyl (C=O) groups is 1. The Labute approximate surface area is 177 Å². The van der Waals surface area contributed by atoms with Gasteiger partial charge in [-0.2, -0.15) is 0 Å². The van der Waals surface area contributed by atoms with Crippen LogP contribution in [0.1, 0.15) is 13.8 Å². The fraction of sp³-hybridized carbons (Fsp3) is 0.263. The molecule has 0 atom stereocenters. The average Bonchev–Trinajstić information content (AvgIpc) is 3.05. The first kappa shape index (κ1) is 20.6. The van der Waals surface area contributed by atoms with Crippen LogP contribution >= 0.6 is 35.0 Å². The Hall–Kier alpha value is -2.09. The van der Waals surface area contributed by atoms with E-state index < -0.39 is 0 Å². The van der Waals surface area contributed by atoms with Crippen LogP contribution in [0, 0.1) is 5.92 Å². The molecule has 2 aromatic heterocycles. The minimum absolute atomic E-state index is 0.159. The van der Waals surface area contributed by atoms with Gasteiger partial charge in [-0.3, -0.25) is 9.78 Å². The number of nitrogens with one attached hydrogen (secondary N) is 1. The number of thioether (sulfide) groups is 1. The van der Waals surface area contributed by atoms with Crippen molar-refractivity contribution < 1.29 is 4.79 Å². The molecule has 3 rings (SSSR count). The summed E-state index contributed by atoms with van der Waals surface area (Å²) in [5.74, 6) is 1.21. The molecule has 9 heteroatoms. The van der Waals surface area contributed by atoms with E-state index in [-0.39, 0.29) is 11.7 Å². The van der Waals surface area contributed by atoms with Gasteiger partial charge < -0.3 is 9.88 Å². The van der Waals surface area contributed by atoms with E-state index in [1.807, 2.05) is 16.7 Å². The molecule has 28 heavy (non-hydrogen) atoms. The number of nitrogens with zero attached hydrogens (tertiary/aromatic N) is 4. The molecule has 0 spiro atoms. The number of carbonyl (C=O) groups excluding carboxylic acids is 1. The molecule has 0 radical (unpaired) electrons. The molecule has 1 N–H and O–H groups in total. The Balaban J connectivity index is 1.72. The molecular weight excluding hydrogens is 417 g/mol. The van der Waals surface area contributed by atoms with Crippen molar-refractivity contribution in [1.29, 1.82) is 0 Å². The van der Waals surface area contributed by atoms with Crippen LogP contribution in [-0.2, 0) is 11.3 Å². The lowest BCUT2D eigenvalue weighted by Gasteiger charge is -2.12. The second kappa shape index (κ2) is 9.41.